The van der Waals surface area contributed by atoms with Gasteiger partial charge in [-0.05, 0) is 48.2 Å². The quantitative estimate of drug-likeness (QED) is 0.827. The lowest BCUT2D eigenvalue weighted by atomic mass is 10.1. The van der Waals surface area contributed by atoms with Crippen LogP contribution in [0.15, 0.2) is 53.4 Å². The molecule has 0 amide bonds. The van der Waals surface area contributed by atoms with Gasteiger partial charge in [-0.2, -0.15) is 0 Å². The van der Waals surface area contributed by atoms with Gasteiger partial charge < -0.3 is 15.2 Å². The summed E-state index contributed by atoms with van der Waals surface area (Å²) in [6.45, 7) is 0.427. The summed E-state index contributed by atoms with van der Waals surface area (Å²) in [5.41, 5.74) is 6.86. The number of benzene rings is 2. The van der Waals surface area contributed by atoms with E-state index in [0.29, 0.717) is 6.54 Å². The van der Waals surface area contributed by atoms with Crippen molar-refractivity contribution in [2.45, 2.75) is 11.0 Å². The van der Waals surface area contributed by atoms with Gasteiger partial charge >= 0.3 is 0 Å². The average molecular weight is 289 g/mol. The number of nitrogens with two attached hydrogens (primary N) is 1. The van der Waals surface area contributed by atoms with E-state index >= 15 is 0 Å². The van der Waals surface area contributed by atoms with E-state index in [1.807, 2.05) is 48.5 Å². The van der Waals surface area contributed by atoms with E-state index < -0.39 is 0 Å². The first-order chi connectivity index (χ1) is 9.76. The molecule has 0 saturated carbocycles. The number of hydrogen-bond donors (Lipinski definition) is 1. The molecule has 1 atom stereocenters. The molecule has 0 heterocycles. The van der Waals surface area contributed by atoms with Crippen molar-refractivity contribution in [1.82, 2.24) is 0 Å². The van der Waals surface area contributed by atoms with Crippen LogP contribution in [0.3, 0.4) is 0 Å². The van der Waals surface area contributed by atoms with Crippen LogP contribution in [0.5, 0.6) is 11.5 Å². The monoisotopic (exact) mass is 289 g/mol. The van der Waals surface area contributed by atoms with Gasteiger partial charge in [-0.25, -0.2) is 0 Å². The number of ether oxygens (including phenoxy) is 2. The number of rotatable bonds is 6. The first-order valence-electron chi connectivity index (χ1n) is 6.41. The van der Waals surface area contributed by atoms with E-state index in [-0.39, 0.29) is 6.10 Å². The highest BCUT2D eigenvalue weighted by molar-refractivity contribution is 7.98. The maximum atomic E-state index is 5.95. The van der Waals surface area contributed by atoms with Crippen LogP contribution >= 0.6 is 11.8 Å². The maximum absolute atomic E-state index is 5.95. The molecule has 0 aliphatic rings. The van der Waals surface area contributed by atoms with Crippen LogP contribution in [0, 0.1) is 0 Å². The van der Waals surface area contributed by atoms with Crippen LogP contribution in [0.4, 0.5) is 0 Å². The van der Waals surface area contributed by atoms with Gasteiger partial charge in [0.05, 0.1) is 7.11 Å². The smallest absolute Gasteiger partial charge is 0.136 e. The van der Waals surface area contributed by atoms with Crippen molar-refractivity contribution in [1.29, 1.82) is 0 Å². The van der Waals surface area contributed by atoms with Gasteiger partial charge in [0, 0.05) is 11.4 Å². The largest absolute Gasteiger partial charge is 0.497 e. The second kappa shape index (κ2) is 7.22. The topological polar surface area (TPSA) is 44.5 Å². The number of hydrogen-bond acceptors (Lipinski definition) is 4. The van der Waals surface area contributed by atoms with Gasteiger partial charge in [0.25, 0.3) is 0 Å². The molecular formula is C16H19NO2S. The second-order valence-corrected chi connectivity index (χ2v) is 5.17. The van der Waals surface area contributed by atoms with Gasteiger partial charge in [-0.3, -0.25) is 0 Å². The Balaban J connectivity index is 2.10. The second-order valence-electron chi connectivity index (χ2n) is 4.29. The minimum Gasteiger partial charge on any atom is -0.497 e. The molecule has 0 aliphatic carbocycles. The van der Waals surface area contributed by atoms with Crippen molar-refractivity contribution in [3.8, 4) is 11.5 Å². The van der Waals surface area contributed by atoms with Gasteiger partial charge in [0.2, 0.25) is 0 Å². The van der Waals surface area contributed by atoms with Crippen molar-refractivity contribution < 1.29 is 9.47 Å². The molecule has 0 fully saturated rings. The summed E-state index contributed by atoms with van der Waals surface area (Å²) in [6, 6.07) is 15.8. The van der Waals surface area contributed by atoms with Crippen LogP contribution in [0.25, 0.3) is 0 Å². The Morgan fingerprint density at radius 2 is 1.60 bits per heavy atom. The zero-order valence-corrected chi connectivity index (χ0v) is 12.5. The lowest BCUT2D eigenvalue weighted by Gasteiger charge is -2.18. The van der Waals surface area contributed by atoms with Crippen molar-refractivity contribution in [3.05, 3.63) is 54.1 Å². The number of thioether (sulfide) groups is 1. The van der Waals surface area contributed by atoms with Crippen molar-refractivity contribution >= 4 is 11.8 Å². The Morgan fingerprint density at radius 3 is 2.10 bits per heavy atom. The first kappa shape index (κ1) is 14.8. The molecule has 0 spiro atoms. The molecule has 0 aromatic heterocycles. The van der Waals surface area contributed by atoms with Crippen LogP contribution in [0.1, 0.15) is 11.7 Å². The Bertz CT molecular complexity index is 525. The van der Waals surface area contributed by atoms with E-state index in [1.54, 1.807) is 18.9 Å². The average Bonchev–Trinajstić information content (AvgIpc) is 2.53. The predicted octanol–water partition coefficient (Wildman–Crippen LogP) is 3.50. The molecule has 20 heavy (non-hydrogen) atoms. The Hall–Kier alpha value is -1.65. The lowest BCUT2D eigenvalue weighted by Crippen LogP contribution is -2.18. The molecule has 2 rings (SSSR count). The standard InChI is InChI=1S/C16H19NO2S/c1-18-13-5-3-12(4-6-13)16(11-17)19-14-7-9-15(20-2)10-8-14/h3-10,16H,11,17H2,1-2H3. The Morgan fingerprint density at radius 1 is 1.00 bits per heavy atom. The summed E-state index contributed by atoms with van der Waals surface area (Å²) >= 11 is 1.71. The Labute approximate surface area is 124 Å². The lowest BCUT2D eigenvalue weighted by molar-refractivity contribution is 0.214. The normalized spacial score (nSPS) is 11.9. The highest BCUT2D eigenvalue weighted by atomic mass is 32.2. The summed E-state index contributed by atoms with van der Waals surface area (Å²) < 4.78 is 11.1. The van der Waals surface area contributed by atoms with E-state index in [1.165, 1.54) is 4.90 Å². The van der Waals surface area contributed by atoms with E-state index in [4.69, 9.17) is 15.2 Å². The highest BCUT2D eigenvalue weighted by Gasteiger charge is 2.11. The highest BCUT2D eigenvalue weighted by Crippen LogP contribution is 2.25. The molecule has 2 N–H and O–H groups in total. The number of methoxy groups -OCH3 is 1. The third kappa shape index (κ3) is 3.68. The molecule has 2 aromatic carbocycles. The summed E-state index contributed by atoms with van der Waals surface area (Å²) in [5, 5.41) is 0. The maximum Gasteiger partial charge on any atom is 0.136 e. The molecule has 0 radical (unpaired) electrons. The minimum atomic E-state index is -0.152. The summed E-state index contributed by atoms with van der Waals surface area (Å²) in [5.74, 6) is 1.66. The molecule has 0 saturated heterocycles. The molecular weight excluding hydrogens is 270 g/mol. The predicted molar refractivity (Wildman–Crippen MR) is 83.6 cm³/mol. The molecule has 0 aliphatic heterocycles. The van der Waals surface area contributed by atoms with Crippen LogP contribution in [-0.4, -0.2) is 19.9 Å². The minimum absolute atomic E-state index is 0.152. The van der Waals surface area contributed by atoms with Gasteiger partial charge in [-0.1, -0.05) is 12.1 Å². The molecule has 106 valence electrons. The molecule has 3 nitrogen and oxygen atoms in total. The SMILES string of the molecule is COc1ccc(C(CN)Oc2ccc(SC)cc2)cc1. The van der Waals surface area contributed by atoms with Crippen LogP contribution in [0.2, 0.25) is 0 Å². The molecule has 0 bridgehead atoms. The fourth-order valence-electron chi connectivity index (χ4n) is 1.89. The molecule has 4 heteroatoms. The fourth-order valence-corrected chi connectivity index (χ4v) is 2.30. The van der Waals surface area contributed by atoms with Crippen molar-refractivity contribution in [2.75, 3.05) is 19.9 Å². The third-order valence-corrected chi connectivity index (χ3v) is 3.78. The van der Waals surface area contributed by atoms with Crippen molar-refractivity contribution in [3.63, 3.8) is 0 Å². The van der Waals surface area contributed by atoms with E-state index in [2.05, 4.69) is 6.26 Å². The fraction of sp³-hybridized carbons (Fsp3) is 0.250. The van der Waals surface area contributed by atoms with Gasteiger partial charge in [-0.15, -0.1) is 11.8 Å². The summed E-state index contributed by atoms with van der Waals surface area (Å²) in [7, 11) is 1.65. The zero-order chi connectivity index (χ0) is 14.4. The molecule has 1 unspecified atom stereocenters. The Kier molecular flexibility index (Phi) is 5.32. The summed E-state index contributed by atoms with van der Waals surface area (Å²) in [6.07, 6.45) is 1.90. The van der Waals surface area contributed by atoms with Crippen LogP contribution < -0.4 is 15.2 Å². The van der Waals surface area contributed by atoms with Crippen molar-refractivity contribution in [2.24, 2.45) is 5.73 Å². The third-order valence-electron chi connectivity index (χ3n) is 3.04. The van der Waals surface area contributed by atoms with E-state index in [0.717, 1.165) is 17.1 Å². The van der Waals surface area contributed by atoms with Gasteiger partial charge in [0.15, 0.2) is 0 Å². The summed E-state index contributed by atoms with van der Waals surface area (Å²) in [4.78, 5) is 1.21. The van der Waals surface area contributed by atoms with Gasteiger partial charge in [0.1, 0.15) is 17.6 Å². The molecule has 2 aromatic rings. The van der Waals surface area contributed by atoms with E-state index in [9.17, 15) is 0 Å². The van der Waals surface area contributed by atoms with Crippen LogP contribution in [-0.2, 0) is 0 Å². The zero-order valence-electron chi connectivity index (χ0n) is 11.7. The first-order valence-corrected chi connectivity index (χ1v) is 7.64.